The number of hydrogen-bond donors (Lipinski definition) is 1. The van der Waals surface area contributed by atoms with E-state index in [4.69, 9.17) is 39.5 Å². The second-order valence-electron chi connectivity index (χ2n) is 4.27. The Kier molecular flexibility index (Phi) is 4.79. The lowest BCUT2D eigenvalue weighted by molar-refractivity contribution is -0.132. The molecule has 0 radical (unpaired) electrons. The number of halogens is 3. The monoisotopic (exact) mass is 323 g/mol. The number of β-amino-alcohol motifs (C(OH)–C–C–N with tert-alkyl or cyclic N) is 1. The second-order valence-corrected chi connectivity index (χ2v) is 5.49. The molecule has 0 aliphatic carbocycles. The van der Waals surface area contributed by atoms with E-state index in [1.807, 2.05) is 0 Å². The Morgan fingerprint density at radius 3 is 2.63 bits per heavy atom. The van der Waals surface area contributed by atoms with E-state index >= 15 is 0 Å². The van der Waals surface area contributed by atoms with Gasteiger partial charge in [0.05, 0.1) is 21.2 Å². The number of nitrogens with zero attached hydrogens (tertiary/aromatic N) is 1. The SMILES string of the molecule is O=C(COc1cc(Cl)c(Cl)cc1Cl)N1CCC(O)C1. The lowest BCUT2D eigenvalue weighted by atomic mass is 10.3. The van der Waals surface area contributed by atoms with E-state index in [1.54, 1.807) is 4.90 Å². The first-order valence-corrected chi connectivity index (χ1v) is 6.84. The Labute approximate surface area is 125 Å². The molecule has 1 N–H and O–H groups in total. The average molecular weight is 325 g/mol. The van der Waals surface area contributed by atoms with Crippen LogP contribution in [0.25, 0.3) is 0 Å². The third-order valence-electron chi connectivity index (χ3n) is 2.84. The van der Waals surface area contributed by atoms with Gasteiger partial charge in [-0.15, -0.1) is 0 Å². The minimum atomic E-state index is -0.447. The Balaban J connectivity index is 1.95. The van der Waals surface area contributed by atoms with Crippen LogP contribution in [-0.4, -0.2) is 41.7 Å². The number of aliphatic hydroxyl groups excluding tert-OH is 1. The molecule has 1 saturated heterocycles. The largest absolute Gasteiger partial charge is 0.482 e. The molecule has 0 spiro atoms. The summed E-state index contributed by atoms with van der Waals surface area (Å²) in [5.74, 6) is 0.114. The summed E-state index contributed by atoms with van der Waals surface area (Å²) in [5.41, 5.74) is 0. The fourth-order valence-electron chi connectivity index (χ4n) is 1.81. The van der Waals surface area contributed by atoms with Crippen molar-refractivity contribution in [2.45, 2.75) is 12.5 Å². The van der Waals surface area contributed by atoms with Crippen LogP contribution >= 0.6 is 34.8 Å². The lowest BCUT2D eigenvalue weighted by Gasteiger charge is -2.16. The highest BCUT2D eigenvalue weighted by molar-refractivity contribution is 6.43. The summed E-state index contributed by atoms with van der Waals surface area (Å²) in [6.07, 6.45) is 0.150. The zero-order valence-electron chi connectivity index (χ0n) is 9.91. The highest BCUT2D eigenvalue weighted by Gasteiger charge is 2.24. The number of benzene rings is 1. The quantitative estimate of drug-likeness (QED) is 0.870. The Morgan fingerprint density at radius 2 is 2.00 bits per heavy atom. The maximum absolute atomic E-state index is 11.8. The van der Waals surface area contributed by atoms with Gasteiger partial charge in [-0.2, -0.15) is 0 Å². The zero-order chi connectivity index (χ0) is 14.0. The molecule has 1 unspecified atom stereocenters. The average Bonchev–Trinajstić information content (AvgIpc) is 2.78. The van der Waals surface area contributed by atoms with Gasteiger partial charge in [0.2, 0.25) is 0 Å². The van der Waals surface area contributed by atoms with Gasteiger partial charge in [0.15, 0.2) is 6.61 Å². The third-order valence-corrected chi connectivity index (χ3v) is 3.86. The summed E-state index contributed by atoms with van der Waals surface area (Å²) >= 11 is 17.6. The van der Waals surface area contributed by atoms with Crippen LogP contribution in [0.15, 0.2) is 12.1 Å². The van der Waals surface area contributed by atoms with E-state index in [-0.39, 0.29) is 12.5 Å². The fraction of sp³-hybridized carbons (Fsp3) is 0.417. The highest BCUT2D eigenvalue weighted by Crippen LogP contribution is 2.33. The van der Waals surface area contributed by atoms with Crippen molar-refractivity contribution in [2.75, 3.05) is 19.7 Å². The number of carbonyl (C=O) groups is 1. The van der Waals surface area contributed by atoms with Crippen molar-refractivity contribution in [1.29, 1.82) is 0 Å². The molecule has 104 valence electrons. The maximum Gasteiger partial charge on any atom is 0.260 e. The molecule has 1 amide bonds. The summed E-state index contributed by atoms with van der Waals surface area (Å²) in [6, 6.07) is 2.93. The van der Waals surface area contributed by atoms with Crippen LogP contribution in [0.2, 0.25) is 15.1 Å². The van der Waals surface area contributed by atoms with Gasteiger partial charge in [-0.3, -0.25) is 4.79 Å². The van der Waals surface area contributed by atoms with Crippen LogP contribution in [0, 0.1) is 0 Å². The number of aliphatic hydroxyl groups is 1. The number of hydrogen-bond acceptors (Lipinski definition) is 3. The topological polar surface area (TPSA) is 49.8 Å². The van der Waals surface area contributed by atoms with Crippen molar-refractivity contribution in [3.63, 3.8) is 0 Å². The van der Waals surface area contributed by atoms with E-state index in [0.717, 1.165) is 0 Å². The van der Waals surface area contributed by atoms with Crippen LogP contribution in [-0.2, 0) is 4.79 Å². The minimum absolute atomic E-state index is 0.148. The molecule has 0 saturated carbocycles. The first-order chi connectivity index (χ1) is 8.97. The third kappa shape index (κ3) is 3.66. The van der Waals surface area contributed by atoms with Crippen molar-refractivity contribution >= 4 is 40.7 Å². The molecule has 7 heteroatoms. The molecule has 1 heterocycles. The van der Waals surface area contributed by atoms with E-state index in [9.17, 15) is 9.90 Å². The molecule has 0 aromatic heterocycles. The molecule has 2 rings (SSSR count). The second kappa shape index (κ2) is 6.18. The summed E-state index contributed by atoms with van der Waals surface area (Å²) in [7, 11) is 0. The summed E-state index contributed by atoms with van der Waals surface area (Å²) in [4.78, 5) is 13.4. The normalized spacial score (nSPS) is 18.7. The van der Waals surface area contributed by atoms with Crippen molar-refractivity contribution in [3.8, 4) is 5.75 Å². The molecule has 0 bridgehead atoms. The summed E-state index contributed by atoms with van der Waals surface area (Å²) < 4.78 is 5.33. The zero-order valence-corrected chi connectivity index (χ0v) is 12.2. The van der Waals surface area contributed by atoms with Crippen LogP contribution < -0.4 is 4.74 Å². The number of amides is 1. The molecule has 1 atom stereocenters. The molecule has 1 aliphatic rings. The predicted molar refractivity (Wildman–Crippen MR) is 74.2 cm³/mol. The molecule has 1 aliphatic heterocycles. The van der Waals surface area contributed by atoms with Gasteiger partial charge >= 0.3 is 0 Å². The molecular formula is C12H12Cl3NO3. The Bertz CT molecular complexity index is 495. The number of likely N-dealkylation sites (tertiary alicyclic amines) is 1. The summed E-state index contributed by atoms with van der Waals surface area (Å²) in [5, 5.41) is 10.3. The molecule has 4 nitrogen and oxygen atoms in total. The van der Waals surface area contributed by atoms with Gasteiger partial charge in [0, 0.05) is 19.2 Å². The van der Waals surface area contributed by atoms with E-state index in [0.29, 0.717) is 40.3 Å². The number of ether oxygens (including phenoxy) is 1. The first kappa shape index (κ1) is 14.7. The fourth-order valence-corrected chi connectivity index (χ4v) is 2.41. The van der Waals surface area contributed by atoms with Crippen LogP contribution in [0.5, 0.6) is 5.75 Å². The molecule has 1 fully saturated rings. The van der Waals surface area contributed by atoms with Crippen molar-refractivity contribution < 1.29 is 14.6 Å². The molecular weight excluding hydrogens is 312 g/mol. The van der Waals surface area contributed by atoms with Gasteiger partial charge < -0.3 is 14.7 Å². The minimum Gasteiger partial charge on any atom is -0.482 e. The Hall–Kier alpha value is -0.680. The number of carbonyl (C=O) groups excluding carboxylic acids is 1. The van der Waals surface area contributed by atoms with Crippen LogP contribution in [0.4, 0.5) is 0 Å². The lowest BCUT2D eigenvalue weighted by Crippen LogP contribution is -2.33. The van der Waals surface area contributed by atoms with Gasteiger partial charge in [0.1, 0.15) is 5.75 Å². The smallest absolute Gasteiger partial charge is 0.260 e. The first-order valence-electron chi connectivity index (χ1n) is 5.70. The van der Waals surface area contributed by atoms with E-state index in [1.165, 1.54) is 12.1 Å². The molecule has 19 heavy (non-hydrogen) atoms. The highest BCUT2D eigenvalue weighted by atomic mass is 35.5. The van der Waals surface area contributed by atoms with E-state index < -0.39 is 6.10 Å². The Morgan fingerprint density at radius 1 is 1.32 bits per heavy atom. The van der Waals surface area contributed by atoms with Crippen molar-refractivity contribution in [1.82, 2.24) is 4.90 Å². The van der Waals surface area contributed by atoms with Crippen LogP contribution in [0.3, 0.4) is 0 Å². The number of rotatable bonds is 3. The maximum atomic E-state index is 11.8. The van der Waals surface area contributed by atoms with Gasteiger partial charge in [-0.05, 0) is 12.5 Å². The van der Waals surface area contributed by atoms with Gasteiger partial charge in [0.25, 0.3) is 5.91 Å². The summed E-state index contributed by atoms with van der Waals surface area (Å²) in [6.45, 7) is 0.736. The van der Waals surface area contributed by atoms with E-state index in [2.05, 4.69) is 0 Å². The predicted octanol–water partition coefficient (Wildman–Crippen LogP) is 2.62. The van der Waals surface area contributed by atoms with Crippen LogP contribution in [0.1, 0.15) is 6.42 Å². The van der Waals surface area contributed by atoms with Gasteiger partial charge in [-0.25, -0.2) is 0 Å². The molecule has 1 aromatic rings. The van der Waals surface area contributed by atoms with Gasteiger partial charge in [-0.1, -0.05) is 34.8 Å². The standard InChI is InChI=1S/C12H12Cl3NO3/c13-8-3-10(15)11(4-9(8)14)19-6-12(18)16-2-1-7(17)5-16/h3-4,7,17H,1-2,5-6H2. The van der Waals surface area contributed by atoms with Crippen molar-refractivity contribution in [2.24, 2.45) is 0 Å². The van der Waals surface area contributed by atoms with Crippen molar-refractivity contribution in [3.05, 3.63) is 27.2 Å². The molecule has 1 aromatic carbocycles.